The maximum absolute atomic E-state index is 13.3. The number of hydrogen-bond acceptors (Lipinski definition) is 4. The number of hydrogen-bond donors (Lipinski definition) is 0. The third-order valence-corrected chi connectivity index (χ3v) is 5.21. The first-order chi connectivity index (χ1) is 15.2. The summed E-state index contributed by atoms with van der Waals surface area (Å²) in [6, 6.07) is 22.4. The largest absolute Gasteiger partial charge is 0.495 e. The second-order valence-corrected chi connectivity index (χ2v) is 7.18. The molecule has 0 N–H and O–H groups in total. The van der Waals surface area contributed by atoms with Crippen molar-refractivity contribution in [3.63, 3.8) is 0 Å². The summed E-state index contributed by atoms with van der Waals surface area (Å²) in [5, 5.41) is 0. The van der Waals surface area contributed by atoms with Gasteiger partial charge < -0.3 is 9.64 Å². The third kappa shape index (κ3) is 4.50. The minimum Gasteiger partial charge on any atom is -0.495 e. The summed E-state index contributed by atoms with van der Waals surface area (Å²) in [4.78, 5) is 35.5. The van der Waals surface area contributed by atoms with E-state index in [1.165, 1.54) is 0 Å². The van der Waals surface area contributed by atoms with Crippen LogP contribution in [0.4, 0.5) is 16.3 Å². The average molecular weight is 416 g/mol. The standard InChI is InChI=1S/C24H24N4O3/c1-31-21-12-6-5-11-20(21)27-16-15-26(24(27)30)18-23(29)28(22-13-7-8-14-25-22)17-19-9-3-2-4-10-19/h2-14H,15-18H2,1H3. The molecule has 0 unspecified atom stereocenters. The van der Waals surface area contributed by atoms with Crippen LogP contribution in [0.15, 0.2) is 79.0 Å². The van der Waals surface area contributed by atoms with Crippen molar-refractivity contribution in [3.05, 3.63) is 84.6 Å². The molecule has 1 aliphatic rings. The highest BCUT2D eigenvalue weighted by Crippen LogP contribution is 2.30. The summed E-state index contributed by atoms with van der Waals surface area (Å²) in [6.45, 7) is 1.32. The van der Waals surface area contributed by atoms with Gasteiger partial charge in [0.1, 0.15) is 18.1 Å². The number of benzene rings is 2. The lowest BCUT2D eigenvalue weighted by Gasteiger charge is -2.25. The molecule has 1 fully saturated rings. The van der Waals surface area contributed by atoms with Crippen LogP contribution in [-0.2, 0) is 11.3 Å². The van der Waals surface area contributed by atoms with E-state index >= 15 is 0 Å². The molecule has 0 radical (unpaired) electrons. The molecular weight excluding hydrogens is 392 g/mol. The Morgan fingerprint density at radius 1 is 1.00 bits per heavy atom. The number of carbonyl (C=O) groups is 2. The van der Waals surface area contributed by atoms with Gasteiger partial charge in [-0.3, -0.25) is 14.6 Å². The molecule has 7 nitrogen and oxygen atoms in total. The van der Waals surface area contributed by atoms with Gasteiger partial charge in [-0.25, -0.2) is 9.78 Å². The van der Waals surface area contributed by atoms with E-state index in [1.807, 2.05) is 66.7 Å². The monoisotopic (exact) mass is 416 g/mol. The zero-order chi connectivity index (χ0) is 21.6. The van der Waals surface area contributed by atoms with Crippen molar-refractivity contribution in [1.29, 1.82) is 0 Å². The van der Waals surface area contributed by atoms with Gasteiger partial charge in [0.05, 0.1) is 19.3 Å². The number of urea groups is 1. The van der Waals surface area contributed by atoms with Gasteiger partial charge in [-0.2, -0.15) is 0 Å². The number of para-hydroxylation sites is 2. The van der Waals surface area contributed by atoms with Gasteiger partial charge in [0.2, 0.25) is 5.91 Å². The minimum atomic E-state index is -0.210. The highest BCUT2D eigenvalue weighted by atomic mass is 16.5. The molecule has 0 atom stereocenters. The first kappa shape index (κ1) is 20.4. The summed E-state index contributed by atoms with van der Waals surface area (Å²) in [5.74, 6) is 1.01. The van der Waals surface area contributed by atoms with Gasteiger partial charge in [0, 0.05) is 19.3 Å². The SMILES string of the molecule is COc1ccccc1N1CCN(CC(=O)N(Cc2ccccc2)c2ccccn2)C1=O. The van der Waals surface area contributed by atoms with Crippen molar-refractivity contribution in [1.82, 2.24) is 9.88 Å². The minimum absolute atomic E-state index is 0.0200. The smallest absolute Gasteiger partial charge is 0.325 e. The lowest BCUT2D eigenvalue weighted by molar-refractivity contribution is -0.119. The van der Waals surface area contributed by atoms with Crippen LogP contribution in [0.2, 0.25) is 0 Å². The van der Waals surface area contributed by atoms with E-state index in [1.54, 1.807) is 34.1 Å². The van der Waals surface area contributed by atoms with E-state index in [-0.39, 0.29) is 18.5 Å². The van der Waals surface area contributed by atoms with E-state index in [9.17, 15) is 9.59 Å². The van der Waals surface area contributed by atoms with Crippen molar-refractivity contribution in [2.24, 2.45) is 0 Å². The lowest BCUT2D eigenvalue weighted by atomic mass is 10.2. The molecule has 1 aliphatic heterocycles. The highest BCUT2D eigenvalue weighted by molar-refractivity contribution is 6.00. The van der Waals surface area contributed by atoms with Crippen LogP contribution >= 0.6 is 0 Å². The molecule has 31 heavy (non-hydrogen) atoms. The van der Waals surface area contributed by atoms with Crippen LogP contribution in [0, 0.1) is 0 Å². The number of aromatic nitrogens is 1. The summed E-state index contributed by atoms with van der Waals surface area (Å²) in [6.07, 6.45) is 1.66. The maximum atomic E-state index is 13.3. The van der Waals surface area contributed by atoms with Gasteiger partial charge in [-0.05, 0) is 29.8 Å². The molecule has 0 bridgehead atoms. The molecule has 1 saturated heterocycles. The van der Waals surface area contributed by atoms with Crippen LogP contribution in [0.25, 0.3) is 0 Å². The maximum Gasteiger partial charge on any atom is 0.325 e. The van der Waals surface area contributed by atoms with Gasteiger partial charge in [0.25, 0.3) is 0 Å². The number of pyridine rings is 1. The predicted molar refractivity (Wildman–Crippen MR) is 119 cm³/mol. The molecule has 0 spiro atoms. The van der Waals surface area contributed by atoms with Crippen molar-refractivity contribution in [3.8, 4) is 5.75 Å². The number of amides is 3. The molecule has 3 amide bonds. The molecule has 2 aromatic carbocycles. The predicted octanol–water partition coefficient (Wildman–Crippen LogP) is 3.57. The van der Waals surface area contributed by atoms with Crippen molar-refractivity contribution >= 4 is 23.4 Å². The summed E-state index contributed by atoms with van der Waals surface area (Å²) >= 11 is 0. The number of anilines is 2. The Morgan fingerprint density at radius 3 is 2.48 bits per heavy atom. The molecule has 0 saturated carbocycles. The zero-order valence-corrected chi connectivity index (χ0v) is 17.3. The van der Waals surface area contributed by atoms with Crippen LogP contribution in [0.1, 0.15) is 5.56 Å². The third-order valence-electron chi connectivity index (χ3n) is 5.21. The number of nitrogens with zero attached hydrogens (tertiary/aromatic N) is 4. The quantitative estimate of drug-likeness (QED) is 0.591. The Labute approximate surface area is 181 Å². The Morgan fingerprint density at radius 2 is 1.74 bits per heavy atom. The first-order valence-electron chi connectivity index (χ1n) is 10.1. The summed E-state index contributed by atoms with van der Waals surface area (Å²) in [5.41, 5.74) is 1.70. The molecule has 158 valence electrons. The van der Waals surface area contributed by atoms with E-state index in [0.717, 1.165) is 5.56 Å². The number of carbonyl (C=O) groups excluding carboxylic acids is 2. The Bertz CT molecular complexity index is 1040. The topological polar surface area (TPSA) is 66.0 Å². The van der Waals surface area contributed by atoms with Crippen LogP contribution in [0.5, 0.6) is 5.75 Å². The van der Waals surface area contributed by atoms with Gasteiger partial charge in [-0.1, -0.05) is 48.5 Å². The summed E-state index contributed by atoms with van der Waals surface area (Å²) < 4.78 is 5.39. The molecule has 7 heteroatoms. The summed E-state index contributed by atoms with van der Waals surface area (Å²) in [7, 11) is 1.58. The van der Waals surface area contributed by atoms with E-state index < -0.39 is 0 Å². The van der Waals surface area contributed by atoms with E-state index in [4.69, 9.17) is 4.74 Å². The Hall–Kier alpha value is -3.87. The van der Waals surface area contributed by atoms with Crippen molar-refractivity contribution in [2.75, 3.05) is 36.5 Å². The van der Waals surface area contributed by atoms with Crippen molar-refractivity contribution in [2.45, 2.75) is 6.54 Å². The van der Waals surface area contributed by atoms with Crippen LogP contribution in [0.3, 0.4) is 0 Å². The molecule has 0 aliphatic carbocycles. The van der Waals surface area contributed by atoms with Gasteiger partial charge in [0.15, 0.2) is 0 Å². The van der Waals surface area contributed by atoms with Crippen LogP contribution in [-0.4, -0.2) is 48.6 Å². The number of methoxy groups -OCH3 is 1. The fraction of sp³-hybridized carbons (Fsp3) is 0.208. The fourth-order valence-electron chi connectivity index (χ4n) is 3.63. The molecule has 1 aromatic heterocycles. The van der Waals surface area contributed by atoms with Crippen molar-refractivity contribution < 1.29 is 14.3 Å². The highest BCUT2D eigenvalue weighted by Gasteiger charge is 2.33. The Kier molecular flexibility index (Phi) is 6.12. The zero-order valence-electron chi connectivity index (χ0n) is 17.3. The molecule has 3 aromatic rings. The Balaban J connectivity index is 1.51. The normalized spacial score (nSPS) is 13.4. The van der Waals surface area contributed by atoms with E-state index in [0.29, 0.717) is 36.9 Å². The number of rotatable bonds is 7. The fourth-order valence-corrected chi connectivity index (χ4v) is 3.63. The lowest BCUT2D eigenvalue weighted by Crippen LogP contribution is -2.42. The second-order valence-electron chi connectivity index (χ2n) is 7.18. The van der Waals surface area contributed by atoms with Gasteiger partial charge >= 0.3 is 6.03 Å². The average Bonchev–Trinajstić information content (AvgIpc) is 3.18. The molecular formula is C24H24N4O3. The second kappa shape index (κ2) is 9.30. The molecule has 4 rings (SSSR count). The number of ether oxygens (including phenoxy) is 1. The molecule has 2 heterocycles. The van der Waals surface area contributed by atoms with Gasteiger partial charge in [-0.15, -0.1) is 0 Å². The van der Waals surface area contributed by atoms with Crippen LogP contribution < -0.4 is 14.5 Å². The first-order valence-corrected chi connectivity index (χ1v) is 10.1. The van der Waals surface area contributed by atoms with E-state index in [2.05, 4.69) is 4.98 Å².